The molecule has 1 atom stereocenters. The molecule has 122 valence electrons. The average Bonchev–Trinajstić information content (AvgIpc) is 2.62. The molecule has 0 saturated heterocycles. The van der Waals surface area contributed by atoms with Crippen molar-refractivity contribution in [3.63, 3.8) is 0 Å². The molecule has 0 spiro atoms. The molecule has 7 heteroatoms. The van der Waals surface area contributed by atoms with Crippen molar-refractivity contribution in [3.8, 4) is 0 Å². The molecule has 0 amide bonds. The molecule has 0 saturated carbocycles. The zero-order valence-corrected chi connectivity index (χ0v) is 14.5. The molecular weight excluding hydrogens is 288 g/mol. The first-order valence-electron chi connectivity index (χ1n) is 7.45. The first-order chi connectivity index (χ1) is 9.69. The maximum atomic E-state index is 12.6. The van der Waals surface area contributed by atoms with E-state index in [1.54, 1.807) is 18.5 Å². The van der Waals surface area contributed by atoms with E-state index in [0.29, 0.717) is 30.4 Å². The van der Waals surface area contributed by atoms with Crippen molar-refractivity contribution in [2.24, 2.45) is 11.7 Å². The minimum absolute atomic E-state index is 0.0888. The summed E-state index contributed by atoms with van der Waals surface area (Å²) in [5.41, 5.74) is 6.68. The summed E-state index contributed by atoms with van der Waals surface area (Å²) in [5.74, 6) is 0.563. The predicted octanol–water partition coefficient (Wildman–Crippen LogP) is 1.56. The van der Waals surface area contributed by atoms with Crippen LogP contribution in [0.15, 0.2) is 4.90 Å². The molecule has 0 fully saturated rings. The van der Waals surface area contributed by atoms with Gasteiger partial charge in [0.1, 0.15) is 4.90 Å². The second-order valence-corrected chi connectivity index (χ2v) is 7.66. The molecule has 0 aromatic carbocycles. The highest BCUT2D eigenvalue weighted by Crippen LogP contribution is 2.20. The Morgan fingerprint density at radius 3 is 2.38 bits per heavy atom. The maximum absolute atomic E-state index is 12.6. The number of hydrogen-bond acceptors (Lipinski definition) is 4. The molecule has 6 nitrogen and oxygen atoms in total. The fourth-order valence-electron chi connectivity index (χ4n) is 2.38. The molecule has 0 aliphatic carbocycles. The van der Waals surface area contributed by atoms with E-state index < -0.39 is 10.0 Å². The Hall–Kier alpha value is -0.920. The van der Waals surface area contributed by atoms with Gasteiger partial charge in [-0.2, -0.15) is 5.10 Å². The molecule has 0 bridgehead atoms. The van der Waals surface area contributed by atoms with E-state index in [2.05, 4.69) is 23.7 Å². The molecule has 0 radical (unpaired) electrons. The third-order valence-electron chi connectivity index (χ3n) is 3.46. The monoisotopic (exact) mass is 316 g/mol. The summed E-state index contributed by atoms with van der Waals surface area (Å²) in [6, 6.07) is -0.0888. The van der Waals surface area contributed by atoms with Gasteiger partial charge >= 0.3 is 0 Å². The maximum Gasteiger partial charge on any atom is 0.244 e. The number of hydrogen-bond donors (Lipinski definition) is 2. The lowest BCUT2D eigenvalue weighted by Crippen LogP contribution is -2.33. The normalized spacial score (nSPS) is 13.9. The summed E-state index contributed by atoms with van der Waals surface area (Å²) in [7, 11) is -3.54. The van der Waals surface area contributed by atoms with Gasteiger partial charge in [0.05, 0.1) is 17.9 Å². The van der Waals surface area contributed by atoms with Gasteiger partial charge in [-0.3, -0.25) is 4.68 Å². The smallest absolute Gasteiger partial charge is 0.244 e. The van der Waals surface area contributed by atoms with E-state index in [-0.39, 0.29) is 10.9 Å². The quantitative estimate of drug-likeness (QED) is 0.761. The van der Waals surface area contributed by atoms with Gasteiger partial charge in [0.15, 0.2) is 0 Å². The van der Waals surface area contributed by atoms with Crippen LogP contribution in [0.25, 0.3) is 0 Å². The summed E-state index contributed by atoms with van der Waals surface area (Å²) in [5, 5.41) is 4.27. The number of aromatic nitrogens is 2. The molecule has 1 unspecified atom stereocenters. The first-order valence-corrected chi connectivity index (χ1v) is 8.93. The summed E-state index contributed by atoms with van der Waals surface area (Å²) in [4.78, 5) is 0.285. The standard InChI is InChI=1S/C14H28N4O2S/c1-10(2)6-7-11(3)17-21(19,20)14-12(4)16-18(9-8-15)13(14)5/h10-11,17H,6-9,15H2,1-5H3. The van der Waals surface area contributed by atoms with E-state index in [1.165, 1.54) is 0 Å². The van der Waals surface area contributed by atoms with Gasteiger partial charge < -0.3 is 5.73 Å². The molecule has 21 heavy (non-hydrogen) atoms. The number of nitrogens with zero attached hydrogens (tertiary/aromatic N) is 2. The molecule has 0 aliphatic heterocycles. The second-order valence-electron chi connectivity index (χ2n) is 6.01. The van der Waals surface area contributed by atoms with E-state index in [0.717, 1.165) is 12.8 Å². The lowest BCUT2D eigenvalue weighted by molar-refractivity contribution is 0.485. The Morgan fingerprint density at radius 1 is 1.24 bits per heavy atom. The number of rotatable bonds is 8. The molecule has 1 aromatic heterocycles. The van der Waals surface area contributed by atoms with Gasteiger partial charge in [0, 0.05) is 12.6 Å². The molecule has 1 rings (SSSR count). The van der Waals surface area contributed by atoms with E-state index in [9.17, 15) is 8.42 Å². The number of nitrogens with two attached hydrogens (primary N) is 1. The third-order valence-corrected chi connectivity index (χ3v) is 5.30. The second kappa shape index (κ2) is 7.38. The van der Waals surface area contributed by atoms with Crippen LogP contribution in [-0.4, -0.2) is 30.8 Å². The van der Waals surface area contributed by atoms with Crippen LogP contribution in [0, 0.1) is 19.8 Å². The Labute approximate surface area is 128 Å². The first kappa shape index (κ1) is 18.1. The Morgan fingerprint density at radius 2 is 1.86 bits per heavy atom. The van der Waals surface area contributed by atoms with E-state index in [1.807, 2.05) is 6.92 Å². The number of sulfonamides is 1. The van der Waals surface area contributed by atoms with Crippen LogP contribution in [0.3, 0.4) is 0 Å². The highest BCUT2D eigenvalue weighted by atomic mass is 32.2. The van der Waals surface area contributed by atoms with Crippen molar-refractivity contribution in [1.29, 1.82) is 0 Å². The molecule has 1 heterocycles. The van der Waals surface area contributed by atoms with Crippen molar-refractivity contribution in [2.75, 3.05) is 6.54 Å². The van der Waals surface area contributed by atoms with Crippen molar-refractivity contribution >= 4 is 10.0 Å². The minimum atomic E-state index is -3.54. The predicted molar refractivity (Wildman–Crippen MR) is 84.6 cm³/mol. The summed E-state index contributed by atoms with van der Waals surface area (Å²) >= 11 is 0. The highest BCUT2D eigenvalue weighted by molar-refractivity contribution is 7.89. The van der Waals surface area contributed by atoms with Gasteiger partial charge in [-0.05, 0) is 39.5 Å². The summed E-state index contributed by atoms with van der Waals surface area (Å²) in [6.45, 7) is 10.6. The van der Waals surface area contributed by atoms with E-state index in [4.69, 9.17) is 5.73 Å². The third kappa shape index (κ3) is 4.79. The van der Waals surface area contributed by atoms with Crippen molar-refractivity contribution in [1.82, 2.24) is 14.5 Å². The number of aryl methyl sites for hydroxylation is 1. The van der Waals surface area contributed by atoms with Crippen LogP contribution in [0.5, 0.6) is 0 Å². The van der Waals surface area contributed by atoms with E-state index >= 15 is 0 Å². The molecule has 3 N–H and O–H groups in total. The van der Waals surface area contributed by atoms with Crippen LogP contribution in [-0.2, 0) is 16.6 Å². The van der Waals surface area contributed by atoms with Crippen molar-refractivity contribution in [2.45, 2.75) is 64.9 Å². The van der Waals surface area contributed by atoms with Crippen LogP contribution >= 0.6 is 0 Å². The van der Waals surface area contributed by atoms with Crippen LogP contribution < -0.4 is 10.5 Å². The highest BCUT2D eigenvalue weighted by Gasteiger charge is 2.25. The SMILES string of the molecule is Cc1nn(CCN)c(C)c1S(=O)(=O)NC(C)CCC(C)C. The summed E-state index contributed by atoms with van der Waals surface area (Å²) < 4.78 is 29.5. The summed E-state index contributed by atoms with van der Waals surface area (Å²) in [6.07, 6.45) is 1.82. The van der Waals surface area contributed by atoms with Crippen molar-refractivity contribution in [3.05, 3.63) is 11.4 Å². The zero-order chi connectivity index (χ0) is 16.2. The van der Waals surface area contributed by atoms with Crippen LogP contribution in [0.4, 0.5) is 0 Å². The fraction of sp³-hybridized carbons (Fsp3) is 0.786. The topological polar surface area (TPSA) is 90.0 Å². The average molecular weight is 316 g/mol. The Balaban J connectivity index is 2.93. The largest absolute Gasteiger partial charge is 0.329 e. The zero-order valence-electron chi connectivity index (χ0n) is 13.7. The van der Waals surface area contributed by atoms with Crippen LogP contribution in [0.2, 0.25) is 0 Å². The van der Waals surface area contributed by atoms with Gasteiger partial charge in [-0.15, -0.1) is 0 Å². The Kier molecular flexibility index (Phi) is 6.37. The number of nitrogens with one attached hydrogen (secondary N) is 1. The lowest BCUT2D eigenvalue weighted by Gasteiger charge is -2.15. The minimum Gasteiger partial charge on any atom is -0.329 e. The van der Waals surface area contributed by atoms with Gasteiger partial charge in [0.2, 0.25) is 10.0 Å². The molecule has 0 aliphatic rings. The Bertz CT molecular complexity index is 564. The van der Waals surface area contributed by atoms with Gasteiger partial charge in [-0.1, -0.05) is 13.8 Å². The fourth-order valence-corrected chi connectivity index (χ4v) is 4.06. The molecular formula is C14H28N4O2S. The van der Waals surface area contributed by atoms with Gasteiger partial charge in [0.25, 0.3) is 0 Å². The van der Waals surface area contributed by atoms with Crippen LogP contribution in [0.1, 0.15) is 45.0 Å². The molecule has 1 aromatic rings. The van der Waals surface area contributed by atoms with Gasteiger partial charge in [-0.25, -0.2) is 13.1 Å². The lowest BCUT2D eigenvalue weighted by atomic mass is 10.1. The van der Waals surface area contributed by atoms with Crippen molar-refractivity contribution < 1.29 is 8.42 Å².